The van der Waals surface area contributed by atoms with Crippen molar-refractivity contribution in [3.8, 4) is 0 Å². The standard InChI is InChI=1S/C22H39N/c1-3-4-5-6-7-8-9-10-11-13-16-20(2)19-22(23)21-17-14-12-15-18-21/h12,14-15,17-18,20,22H,3-11,13,16,19,23H2,1-2H3. The van der Waals surface area contributed by atoms with Crippen LogP contribution in [0.4, 0.5) is 0 Å². The van der Waals surface area contributed by atoms with E-state index in [-0.39, 0.29) is 6.04 Å². The van der Waals surface area contributed by atoms with Gasteiger partial charge in [-0.3, -0.25) is 0 Å². The third-order valence-corrected chi connectivity index (χ3v) is 4.93. The maximum Gasteiger partial charge on any atom is 0.0297 e. The van der Waals surface area contributed by atoms with Crippen molar-refractivity contribution in [2.45, 2.75) is 96.9 Å². The predicted molar refractivity (Wildman–Crippen MR) is 104 cm³/mol. The molecular formula is C22H39N. The second-order valence-electron chi connectivity index (χ2n) is 7.33. The first-order valence-electron chi connectivity index (χ1n) is 10.0. The third kappa shape index (κ3) is 10.5. The predicted octanol–water partition coefficient (Wildman–Crippen LogP) is 7.02. The quantitative estimate of drug-likeness (QED) is 0.366. The van der Waals surface area contributed by atoms with E-state index in [9.17, 15) is 0 Å². The summed E-state index contributed by atoms with van der Waals surface area (Å²) in [4.78, 5) is 0. The maximum atomic E-state index is 6.32. The molecule has 0 aliphatic carbocycles. The third-order valence-electron chi connectivity index (χ3n) is 4.93. The molecule has 0 spiro atoms. The van der Waals surface area contributed by atoms with E-state index < -0.39 is 0 Å². The summed E-state index contributed by atoms with van der Waals surface area (Å²) in [6.45, 7) is 4.64. The van der Waals surface area contributed by atoms with Gasteiger partial charge in [0, 0.05) is 6.04 Å². The number of nitrogens with two attached hydrogens (primary N) is 1. The lowest BCUT2D eigenvalue weighted by molar-refractivity contribution is 0.420. The molecule has 0 heterocycles. The van der Waals surface area contributed by atoms with Gasteiger partial charge in [0.25, 0.3) is 0 Å². The molecule has 1 aromatic rings. The van der Waals surface area contributed by atoms with Crippen LogP contribution in [0.15, 0.2) is 30.3 Å². The van der Waals surface area contributed by atoms with Crippen molar-refractivity contribution in [1.82, 2.24) is 0 Å². The lowest BCUT2D eigenvalue weighted by Crippen LogP contribution is -2.14. The molecular weight excluding hydrogens is 278 g/mol. The summed E-state index contributed by atoms with van der Waals surface area (Å²) in [5.74, 6) is 0.735. The first-order valence-corrected chi connectivity index (χ1v) is 10.0. The van der Waals surface area contributed by atoms with Crippen LogP contribution in [-0.2, 0) is 0 Å². The number of unbranched alkanes of at least 4 members (excludes halogenated alkanes) is 9. The van der Waals surface area contributed by atoms with Crippen LogP contribution in [0.1, 0.15) is 103 Å². The lowest BCUT2D eigenvalue weighted by Gasteiger charge is -2.17. The summed E-state index contributed by atoms with van der Waals surface area (Å²) in [5, 5.41) is 0. The molecule has 1 nitrogen and oxygen atoms in total. The van der Waals surface area contributed by atoms with Gasteiger partial charge < -0.3 is 5.73 Å². The van der Waals surface area contributed by atoms with Crippen LogP contribution in [-0.4, -0.2) is 0 Å². The van der Waals surface area contributed by atoms with Crippen LogP contribution in [0.5, 0.6) is 0 Å². The first kappa shape index (κ1) is 20.2. The Balaban J connectivity index is 1.95. The van der Waals surface area contributed by atoms with E-state index in [1.54, 1.807) is 0 Å². The van der Waals surface area contributed by atoms with Crippen molar-refractivity contribution in [2.24, 2.45) is 11.7 Å². The highest BCUT2D eigenvalue weighted by Gasteiger charge is 2.10. The van der Waals surface area contributed by atoms with E-state index in [0.717, 1.165) is 12.3 Å². The van der Waals surface area contributed by atoms with E-state index in [1.807, 2.05) is 0 Å². The molecule has 0 saturated heterocycles. The Bertz CT molecular complexity index is 359. The molecule has 0 bridgehead atoms. The van der Waals surface area contributed by atoms with Crippen molar-refractivity contribution in [1.29, 1.82) is 0 Å². The van der Waals surface area contributed by atoms with E-state index in [0.29, 0.717) is 0 Å². The molecule has 2 unspecified atom stereocenters. The smallest absolute Gasteiger partial charge is 0.0297 e. The highest BCUT2D eigenvalue weighted by molar-refractivity contribution is 5.18. The zero-order chi connectivity index (χ0) is 16.8. The van der Waals surface area contributed by atoms with E-state index in [1.165, 1.54) is 76.2 Å². The van der Waals surface area contributed by atoms with Gasteiger partial charge in [0.15, 0.2) is 0 Å². The summed E-state index contributed by atoms with van der Waals surface area (Å²) in [7, 11) is 0. The SMILES string of the molecule is CCCCCCCCCCCCC(C)CC(N)c1ccccc1. The molecule has 1 aromatic carbocycles. The van der Waals surface area contributed by atoms with Gasteiger partial charge in [-0.25, -0.2) is 0 Å². The number of hydrogen-bond donors (Lipinski definition) is 1. The Morgan fingerprint density at radius 3 is 1.87 bits per heavy atom. The van der Waals surface area contributed by atoms with E-state index in [4.69, 9.17) is 5.73 Å². The Morgan fingerprint density at radius 2 is 1.30 bits per heavy atom. The van der Waals surface area contributed by atoms with Gasteiger partial charge in [0.1, 0.15) is 0 Å². The second kappa shape index (κ2) is 13.6. The van der Waals surface area contributed by atoms with E-state index >= 15 is 0 Å². The second-order valence-corrected chi connectivity index (χ2v) is 7.33. The largest absolute Gasteiger partial charge is 0.324 e. The van der Waals surface area contributed by atoms with Gasteiger partial charge in [-0.15, -0.1) is 0 Å². The molecule has 2 atom stereocenters. The van der Waals surface area contributed by atoms with Gasteiger partial charge in [-0.2, -0.15) is 0 Å². The minimum atomic E-state index is 0.203. The molecule has 1 rings (SSSR count). The first-order chi connectivity index (χ1) is 11.2. The van der Waals surface area contributed by atoms with E-state index in [2.05, 4.69) is 44.2 Å². The molecule has 23 heavy (non-hydrogen) atoms. The molecule has 0 saturated carbocycles. The minimum Gasteiger partial charge on any atom is -0.324 e. The fourth-order valence-corrected chi connectivity index (χ4v) is 3.37. The van der Waals surface area contributed by atoms with Gasteiger partial charge in [-0.1, -0.05) is 115 Å². The molecule has 2 N–H and O–H groups in total. The molecule has 1 heteroatoms. The van der Waals surface area contributed by atoms with Crippen LogP contribution in [0.25, 0.3) is 0 Å². The van der Waals surface area contributed by atoms with Gasteiger partial charge in [0.05, 0.1) is 0 Å². The lowest BCUT2D eigenvalue weighted by atomic mass is 9.92. The van der Waals surface area contributed by atoms with Gasteiger partial charge >= 0.3 is 0 Å². The molecule has 132 valence electrons. The monoisotopic (exact) mass is 317 g/mol. The van der Waals surface area contributed by atoms with Crippen LogP contribution >= 0.6 is 0 Å². The highest BCUT2D eigenvalue weighted by Crippen LogP contribution is 2.22. The molecule has 0 aromatic heterocycles. The number of hydrogen-bond acceptors (Lipinski definition) is 1. The Hall–Kier alpha value is -0.820. The molecule has 0 radical (unpaired) electrons. The topological polar surface area (TPSA) is 26.0 Å². The number of rotatable bonds is 14. The summed E-state index contributed by atoms with van der Waals surface area (Å²) in [5.41, 5.74) is 7.60. The molecule has 0 aliphatic rings. The minimum absolute atomic E-state index is 0.203. The zero-order valence-electron chi connectivity index (χ0n) is 15.6. The molecule has 0 amide bonds. The Labute approximate surface area is 145 Å². The maximum absolute atomic E-state index is 6.32. The van der Waals surface area contributed by atoms with Crippen LogP contribution in [0, 0.1) is 5.92 Å². The van der Waals surface area contributed by atoms with Gasteiger partial charge in [-0.05, 0) is 17.9 Å². The van der Waals surface area contributed by atoms with Gasteiger partial charge in [0.2, 0.25) is 0 Å². The summed E-state index contributed by atoms with van der Waals surface area (Å²) >= 11 is 0. The average molecular weight is 318 g/mol. The molecule has 0 aliphatic heterocycles. The fraction of sp³-hybridized carbons (Fsp3) is 0.727. The van der Waals surface area contributed by atoms with Crippen molar-refractivity contribution in [3.05, 3.63) is 35.9 Å². The summed E-state index contributed by atoms with van der Waals surface area (Å²) in [6.07, 6.45) is 16.6. The van der Waals surface area contributed by atoms with Crippen LogP contribution in [0.3, 0.4) is 0 Å². The zero-order valence-corrected chi connectivity index (χ0v) is 15.6. The van der Waals surface area contributed by atoms with Crippen LogP contribution in [0.2, 0.25) is 0 Å². The fourth-order valence-electron chi connectivity index (χ4n) is 3.37. The Morgan fingerprint density at radius 1 is 0.783 bits per heavy atom. The van der Waals surface area contributed by atoms with Crippen molar-refractivity contribution < 1.29 is 0 Å². The van der Waals surface area contributed by atoms with Crippen molar-refractivity contribution in [3.63, 3.8) is 0 Å². The number of benzene rings is 1. The van der Waals surface area contributed by atoms with Crippen LogP contribution < -0.4 is 5.73 Å². The Kier molecular flexibility index (Phi) is 12.0. The van der Waals surface area contributed by atoms with Crippen molar-refractivity contribution >= 4 is 0 Å². The average Bonchev–Trinajstić information content (AvgIpc) is 2.57. The normalized spacial score (nSPS) is 13.9. The van der Waals surface area contributed by atoms with Crippen molar-refractivity contribution in [2.75, 3.05) is 0 Å². The highest BCUT2D eigenvalue weighted by atomic mass is 14.6. The summed E-state index contributed by atoms with van der Waals surface area (Å²) < 4.78 is 0. The summed E-state index contributed by atoms with van der Waals surface area (Å²) in [6, 6.07) is 10.7. The molecule has 0 fully saturated rings.